The Hall–Kier alpha value is -0.910. The molecule has 0 aliphatic carbocycles. The topological polar surface area (TPSA) is 56.3 Å². The van der Waals surface area contributed by atoms with Gasteiger partial charge in [0, 0.05) is 39.5 Å². The van der Waals surface area contributed by atoms with Crippen LogP contribution in [0.15, 0.2) is 12.5 Å². The highest BCUT2D eigenvalue weighted by Crippen LogP contribution is 2.20. The van der Waals surface area contributed by atoms with Gasteiger partial charge in [-0.25, -0.2) is 4.98 Å². The van der Waals surface area contributed by atoms with Crippen molar-refractivity contribution in [2.24, 2.45) is 12.8 Å². The standard InChI is InChI=1S/C12H24N4O/c1-10(2)16(5-6-17-4)11(7-13)12-8-14-9-15(12)3/h8-11H,5-7,13H2,1-4H3. The zero-order valence-corrected chi connectivity index (χ0v) is 11.3. The smallest absolute Gasteiger partial charge is 0.0946 e. The fraction of sp³-hybridized carbons (Fsp3) is 0.750. The molecule has 0 saturated carbocycles. The molecule has 0 saturated heterocycles. The molecule has 5 heteroatoms. The minimum atomic E-state index is 0.192. The van der Waals surface area contributed by atoms with Crippen molar-refractivity contribution in [2.75, 3.05) is 26.8 Å². The summed E-state index contributed by atoms with van der Waals surface area (Å²) in [6, 6.07) is 0.617. The Balaban J connectivity index is 2.85. The quantitative estimate of drug-likeness (QED) is 0.765. The van der Waals surface area contributed by atoms with E-state index in [1.165, 1.54) is 0 Å². The van der Waals surface area contributed by atoms with E-state index >= 15 is 0 Å². The van der Waals surface area contributed by atoms with E-state index in [1.807, 2.05) is 24.1 Å². The Morgan fingerprint density at radius 1 is 1.53 bits per heavy atom. The molecule has 98 valence electrons. The third kappa shape index (κ3) is 3.52. The molecule has 1 atom stereocenters. The highest BCUT2D eigenvalue weighted by Gasteiger charge is 2.23. The second-order valence-corrected chi connectivity index (χ2v) is 4.51. The molecule has 17 heavy (non-hydrogen) atoms. The van der Waals surface area contributed by atoms with Crippen LogP contribution in [0.25, 0.3) is 0 Å². The largest absolute Gasteiger partial charge is 0.383 e. The lowest BCUT2D eigenvalue weighted by atomic mass is 10.1. The first-order valence-electron chi connectivity index (χ1n) is 6.02. The predicted octanol–water partition coefficient (Wildman–Crippen LogP) is 0.777. The van der Waals surface area contributed by atoms with Crippen molar-refractivity contribution >= 4 is 0 Å². The summed E-state index contributed by atoms with van der Waals surface area (Å²) in [6.45, 7) is 6.53. The summed E-state index contributed by atoms with van der Waals surface area (Å²) in [6.07, 6.45) is 3.70. The fourth-order valence-corrected chi connectivity index (χ4v) is 2.09. The second-order valence-electron chi connectivity index (χ2n) is 4.51. The minimum Gasteiger partial charge on any atom is -0.383 e. The number of aromatic nitrogens is 2. The van der Waals surface area contributed by atoms with Crippen LogP contribution in [0.3, 0.4) is 0 Å². The summed E-state index contributed by atoms with van der Waals surface area (Å²) in [7, 11) is 3.72. The molecule has 0 fully saturated rings. The van der Waals surface area contributed by atoms with Crippen LogP contribution in [0.2, 0.25) is 0 Å². The highest BCUT2D eigenvalue weighted by molar-refractivity contribution is 5.06. The molecule has 1 aromatic heterocycles. The van der Waals surface area contributed by atoms with E-state index in [9.17, 15) is 0 Å². The molecule has 1 heterocycles. The van der Waals surface area contributed by atoms with Crippen molar-refractivity contribution in [1.82, 2.24) is 14.5 Å². The van der Waals surface area contributed by atoms with E-state index in [4.69, 9.17) is 10.5 Å². The van der Waals surface area contributed by atoms with Crippen LogP contribution in [-0.4, -0.2) is 47.3 Å². The van der Waals surface area contributed by atoms with Crippen LogP contribution in [0.4, 0.5) is 0 Å². The van der Waals surface area contributed by atoms with Gasteiger partial charge in [0.2, 0.25) is 0 Å². The van der Waals surface area contributed by atoms with E-state index in [0.717, 1.165) is 12.2 Å². The lowest BCUT2D eigenvalue weighted by Crippen LogP contribution is -2.41. The zero-order chi connectivity index (χ0) is 12.8. The van der Waals surface area contributed by atoms with Crippen molar-refractivity contribution in [3.63, 3.8) is 0 Å². The van der Waals surface area contributed by atoms with Crippen LogP contribution < -0.4 is 5.73 Å². The lowest BCUT2D eigenvalue weighted by molar-refractivity contribution is 0.0953. The summed E-state index contributed by atoms with van der Waals surface area (Å²) in [5, 5.41) is 0. The molecular formula is C12H24N4O. The monoisotopic (exact) mass is 240 g/mol. The van der Waals surface area contributed by atoms with E-state index in [2.05, 4.69) is 23.7 Å². The minimum absolute atomic E-state index is 0.192. The van der Waals surface area contributed by atoms with Gasteiger partial charge in [0.25, 0.3) is 0 Å². The molecule has 0 amide bonds. The maximum atomic E-state index is 5.92. The van der Waals surface area contributed by atoms with Gasteiger partial charge in [0.15, 0.2) is 0 Å². The number of aryl methyl sites for hydroxylation is 1. The Kier molecular flexibility index (Phi) is 5.61. The molecule has 0 bridgehead atoms. The summed E-state index contributed by atoms with van der Waals surface area (Å²) in [4.78, 5) is 6.51. The van der Waals surface area contributed by atoms with Crippen LogP contribution in [-0.2, 0) is 11.8 Å². The van der Waals surface area contributed by atoms with Crippen molar-refractivity contribution < 1.29 is 4.74 Å². The molecule has 1 unspecified atom stereocenters. The summed E-state index contributed by atoms with van der Waals surface area (Å²) in [5.41, 5.74) is 7.07. The van der Waals surface area contributed by atoms with Crippen LogP contribution >= 0.6 is 0 Å². The number of nitrogens with zero attached hydrogens (tertiary/aromatic N) is 3. The van der Waals surface area contributed by atoms with Gasteiger partial charge in [-0.15, -0.1) is 0 Å². The van der Waals surface area contributed by atoms with Crippen molar-refractivity contribution in [3.8, 4) is 0 Å². The fourth-order valence-electron chi connectivity index (χ4n) is 2.09. The maximum Gasteiger partial charge on any atom is 0.0946 e. The van der Waals surface area contributed by atoms with Gasteiger partial charge in [-0.1, -0.05) is 0 Å². The Labute approximate surface area is 104 Å². The first-order valence-corrected chi connectivity index (χ1v) is 6.02. The van der Waals surface area contributed by atoms with Gasteiger partial charge in [-0.05, 0) is 13.8 Å². The van der Waals surface area contributed by atoms with Gasteiger partial charge < -0.3 is 15.0 Å². The predicted molar refractivity (Wildman–Crippen MR) is 68.7 cm³/mol. The molecule has 0 spiro atoms. The average Bonchev–Trinajstić information content (AvgIpc) is 2.70. The summed E-state index contributed by atoms with van der Waals surface area (Å²) < 4.78 is 7.19. The number of hydrogen-bond donors (Lipinski definition) is 1. The highest BCUT2D eigenvalue weighted by atomic mass is 16.5. The molecule has 1 rings (SSSR count). The molecular weight excluding hydrogens is 216 g/mol. The first kappa shape index (κ1) is 14.2. The van der Waals surface area contributed by atoms with Gasteiger partial charge in [-0.2, -0.15) is 0 Å². The lowest BCUT2D eigenvalue weighted by Gasteiger charge is -2.34. The number of rotatable bonds is 7. The number of nitrogens with two attached hydrogens (primary N) is 1. The van der Waals surface area contributed by atoms with E-state index in [-0.39, 0.29) is 6.04 Å². The summed E-state index contributed by atoms with van der Waals surface area (Å²) in [5.74, 6) is 0. The van der Waals surface area contributed by atoms with Gasteiger partial charge in [-0.3, -0.25) is 4.90 Å². The average molecular weight is 240 g/mol. The SMILES string of the molecule is COCCN(C(C)C)C(CN)c1cncn1C. The Morgan fingerprint density at radius 3 is 2.65 bits per heavy atom. The van der Waals surface area contributed by atoms with Gasteiger partial charge in [0.1, 0.15) is 0 Å². The summed E-state index contributed by atoms with van der Waals surface area (Å²) >= 11 is 0. The third-order valence-electron chi connectivity index (χ3n) is 3.04. The van der Waals surface area contributed by atoms with Crippen LogP contribution in [0.1, 0.15) is 25.6 Å². The maximum absolute atomic E-state index is 5.92. The van der Waals surface area contributed by atoms with Crippen LogP contribution in [0, 0.1) is 0 Å². The zero-order valence-electron chi connectivity index (χ0n) is 11.3. The Morgan fingerprint density at radius 2 is 2.24 bits per heavy atom. The number of hydrogen-bond acceptors (Lipinski definition) is 4. The number of methoxy groups -OCH3 is 1. The molecule has 0 aliphatic rings. The van der Waals surface area contributed by atoms with Gasteiger partial charge >= 0.3 is 0 Å². The van der Waals surface area contributed by atoms with Gasteiger partial charge in [0.05, 0.1) is 24.7 Å². The molecule has 1 aromatic rings. The molecule has 0 aliphatic heterocycles. The number of imidazole rings is 1. The van der Waals surface area contributed by atoms with E-state index in [1.54, 1.807) is 7.11 Å². The first-order chi connectivity index (χ1) is 8.11. The third-order valence-corrected chi connectivity index (χ3v) is 3.04. The van der Waals surface area contributed by atoms with Crippen LogP contribution in [0.5, 0.6) is 0 Å². The van der Waals surface area contributed by atoms with E-state index < -0.39 is 0 Å². The van der Waals surface area contributed by atoms with Crippen molar-refractivity contribution in [2.45, 2.75) is 25.9 Å². The Bertz CT molecular complexity index is 324. The molecule has 0 radical (unpaired) electrons. The van der Waals surface area contributed by atoms with E-state index in [0.29, 0.717) is 19.2 Å². The second kappa shape index (κ2) is 6.74. The molecule has 0 aromatic carbocycles. The molecule has 2 N–H and O–H groups in total. The number of ether oxygens (including phenoxy) is 1. The normalized spacial score (nSPS) is 13.6. The molecule has 5 nitrogen and oxygen atoms in total. The van der Waals surface area contributed by atoms with Crippen molar-refractivity contribution in [3.05, 3.63) is 18.2 Å². The van der Waals surface area contributed by atoms with Crippen molar-refractivity contribution in [1.29, 1.82) is 0 Å².